The average molecular weight is 353 g/mol. The summed E-state index contributed by atoms with van der Waals surface area (Å²) >= 11 is 12.0. The zero-order chi connectivity index (χ0) is 16.4. The number of carbonyl (C=O) groups is 1. The zero-order valence-electron chi connectivity index (χ0n) is 12.8. The largest absolute Gasteiger partial charge is 0.342 e. The van der Waals surface area contributed by atoms with E-state index in [2.05, 4.69) is 22.3 Å². The summed E-state index contributed by atoms with van der Waals surface area (Å²) in [6.07, 6.45) is 3.40. The number of likely N-dealkylation sites (N-methyl/N-ethyl adjacent to an activating group) is 1. The van der Waals surface area contributed by atoms with Crippen LogP contribution in [-0.2, 0) is 4.79 Å². The average Bonchev–Trinajstić information content (AvgIpc) is 2.57. The smallest absolute Gasteiger partial charge is 0.270 e. The van der Waals surface area contributed by atoms with Crippen molar-refractivity contribution in [3.05, 3.63) is 45.6 Å². The summed E-state index contributed by atoms with van der Waals surface area (Å²) in [7, 11) is 2.06. The van der Waals surface area contributed by atoms with Crippen molar-refractivity contribution in [2.45, 2.75) is 6.04 Å². The fourth-order valence-corrected chi connectivity index (χ4v) is 2.93. The van der Waals surface area contributed by atoms with Crippen LogP contribution in [0, 0.1) is 0 Å². The van der Waals surface area contributed by atoms with Gasteiger partial charge in [-0.3, -0.25) is 9.79 Å². The van der Waals surface area contributed by atoms with Gasteiger partial charge in [0.15, 0.2) is 0 Å². The highest BCUT2D eigenvalue weighted by atomic mass is 35.5. The van der Waals surface area contributed by atoms with Crippen LogP contribution >= 0.6 is 23.2 Å². The number of carbonyl (C=O) groups excluding carboxylic acids is 1. The first-order valence-corrected chi connectivity index (χ1v) is 8.23. The van der Waals surface area contributed by atoms with Crippen molar-refractivity contribution in [3.8, 4) is 0 Å². The van der Waals surface area contributed by atoms with Crippen molar-refractivity contribution >= 4 is 35.4 Å². The molecule has 2 aliphatic rings. The molecule has 5 nitrogen and oxygen atoms in total. The Kier molecular flexibility index (Phi) is 4.90. The molecule has 1 unspecified atom stereocenters. The summed E-state index contributed by atoms with van der Waals surface area (Å²) in [6, 6.07) is 5.16. The molecule has 2 aliphatic heterocycles. The van der Waals surface area contributed by atoms with Gasteiger partial charge >= 0.3 is 0 Å². The Labute approximate surface area is 145 Å². The predicted molar refractivity (Wildman–Crippen MR) is 93.0 cm³/mol. The van der Waals surface area contributed by atoms with E-state index in [9.17, 15) is 4.79 Å². The van der Waals surface area contributed by atoms with E-state index in [0.29, 0.717) is 15.7 Å². The Morgan fingerprint density at radius 3 is 2.65 bits per heavy atom. The molecule has 1 aromatic carbocycles. The third-order valence-electron chi connectivity index (χ3n) is 4.09. The molecule has 0 aliphatic carbocycles. The van der Waals surface area contributed by atoms with Crippen LogP contribution in [0.25, 0.3) is 0 Å². The van der Waals surface area contributed by atoms with Gasteiger partial charge in [0.2, 0.25) is 0 Å². The van der Waals surface area contributed by atoms with E-state index in [1.165, 1.54) is 0 Å². The minimum Gasteiger partial charge on any atom is -0.342 e. The molecule has 0 aromatic heterocycles. The van der Waals surface area contributed by atoms with E-state index in [1.54, 1.807) is 18.5 Å². The van der Waals surface area contributed by atoms with Crippen LogP contribution in [-0.4, -0.2) is 55.3 Å². The molecule has 2 heterocycles. The molecule has 0 bridgehead atoms. The molecule has 1 fully saturated rings. The number of amides is 1. The quantitative estimate of drug-likeness (QED) is 0.888. The van der Waals surface area contributed by atoms with Crippen LogP contribution in [0.5, 0.6) is 0 Å². The zero-order valence-corrected chi connectivity index (χ0v) is 14.3. The monoisotopic (exact) mass is 352 g/mol. The second-order valence-electron chi connectivity index (χ2n) is 5.72. The number of piperazine rings is 1. The van der Waals surface area contributed by atoms with Crippen molar-refractivity contribution in [2.24, 2.45) is 4.99 Å². The summed E-state index contributed by atoms with van der Waals surface area (Å²) in [6.45, 7) is 3.26. The second kappa shape index (κ2) is 6.91. The Balaban J connectivity index is 1.76. The lowest BCUT2D eigenvalue weighted by atomic mass is 10.0. The highest BCUT2D eigenvalue weighted by Gasteiger charge is 2.24. The minimum atomic E-state index is -0.238. The molecule has 1 N–H and O–H groups in total. The van der Waals surface area contributed by atoms with Crippen molar-refractivity contribution in [2.75, 3.05) is 33.2 Å². The van der Waals surface area contributed by atoms with Crippen molar-refractivity contribution < 1.29 is 4.79 Å². The first kappa shape index (κ1) is 16.3. The lowest BCUT2D eigenvalue weighted by molar-refractivity contribution is -0.128. The fourth-order valence-electron chi connectivity index (χ4n) is 2.63. The van der Waals surface area contributed by atoms with E-state index >= 15 is 0 Å². The molecule has 0 spiro atoms. The molecule has 3 rings (SSSR count). The van der Waals surface area contributed by atoms with Gasteiger partial charge in [0.1, 0.15) is 5.70 Å². The van der Waals surface area contributed by atoms with E-state index in [-0.39, 0.29) is 11.9 Å². The standard InChI is InChI=1S/C16H18Cl2N4O/c1-21-4-6-22(7-5-21)16(23)15-9-14(19-10-20-15)11-2-3-12(17)13(18)8-11/h2-3,8-10,14H,4-7H2,1H3,(H,19,20). The highest BCUT2D eigenvalue weighted by Crippen LogP contribution is 2.29. The molecule has 1 saturated heterocycles. The van der Waals surface area contributed by atoms with Gasteiger partial charge in [-0.2, -0.15) is 0 Å². The summed E-state index contributed by atoms with van der Waals surface area (Å²) in [4.78, 5) is 21.1. The van der Waals surface area contributed by atoms with Crippen LogP contribution in [0.1, 0.15) is 11.6 Å². The Morgan fingerprint density at radius 1 is 1.22 bits per heavy atom. The number of hydrogen-bond acceptors (Lipinski definition) is 4. The van der Waals surface area contributed by atoms with E-state index in [1.807, 2.05) is 17.0 Å². The summed E-state index contributed by atoms with van der Waals surface area (Å²) in [5, 5.41) is 3.95. The first-order chi connectivity index (χ1) is 11.0. The number of aliphatic imine (C=N–C) groups is 1. The van der Waals surface area contributed by atoms with Crippen molar-refractivity contribution in [1.29, 1.82) is 0 Å². The molecule has 1 amide bonds. The summed E-state index contributed by atoms with van der Waals surface area (Å²) < 4.78 is 0. The Morgan fingerprint density at radius 2 is 1.96 bits per heavy atom. The summed E-state index contributed by atoms with van der Waals surface area (Å²) in [5.74, 6) is 0.00862. The van der Waals surface area contributed by atoms with Crippen molar-refractivity contribution in [1.82, 2.24) is 15.1 Å². The van der Waals surface area contributed by atoms with E-state index in [0.717, 1.165) is 31.7 Å². The van der Waals surface area contributed by atoms with Crippen LogP contribution < -0.4 is 5.32 Å². The highest BCUT2D eigenvalue weighted by molar-refractivity contribution is 6.42. The lowest BCUT2D eigenvalue weighted by Crippen LogP contribution is -2.49. The lowest BCUT2D eigenvalue weighted by Gasteiger charge is -2.33. The van der Waals surface area contributed by atoms with Gasteiger partial charge in [-0.1, -0.05) is 29.3 Å². The second-order valence-corrected chi connectivity index (χ2v) is 6.53. The Bertz CT molecular complexity index is 666. The molecule has 1 atom stereocenters. The molecule has 0 radical (unpaired) electrons. The third-order valence-corrected chi connectivity index (χ3v) is 4.82. The topological polar surface area (TPSA) is 47.9 Å². The molecule has 7 heteroatoms. The van der Waals surface area contributed by atoms with Crippen LogP contribution in [0.4, 0.5) is 0 Å². The predicted octanol–water partition coefficient (Wildman–Crippen LogP) is 2.32. The maximum absolute atomic E-state index is 12.6. The van der Waals surface area contributed by atoms with Gasteiger partial charge in [-0.15, -0.1) is 0 Å². The molecule has 23 heavy (non-hydrogen) atoms. The van der Waals surface area contributed by atoms with Crippen LogP contribution in [0.2, 0.25) is 10.0 Å². The number of nitrogens with zero attached hydrogens (tertiary/aromatic N) is 3. The van der Waals surface area contributed by atoms with Gasteiger partial charge in [0.25, 0.3) is 5.91 Å². The van der Waals surface area contributed by atoms with Gasteiger partial charge in [0, 0.05) is 26.2 Å². The van der Waals surface area contributed by atoms with Gasteiger partial charge in [0.05, 0.1) is 22.4 Å². The molecular formula is C16H18Cl2N4O. The van der Waals surface area contributed by atoms with Gasteiger partial charge in [-0.05, 0) is 30.8 Å². The van der Waals surface area contributed by atoms with Crippen molar-refractivity contribution in [3.63, 3.8) is 0 Å². The van der Waals surface area contributed by atoms with Gasteiger partial charge < -0.3 is 15.1 Å². The first-order valence-electron chi connectivity index (χ1n) is 7.47. The normalized spacial score (nSPS) is 21.8. The molecular weight excluding hydrogens is 335 g/mol. The molecule has 0 saturated carbocycles. The van der Waals surface area contributed by atoms with E-state index < -0.39 is 0 Å². The third kappa shape index (κ3) is 3.68. The minimum absolute atomic E-state index is 0.00862. The SMILES string of the molecule is CN1CCN(C(=O)C2=CC(c3ccc(Cl)c(Cl)c3)N=CN2)CC1. The molecule has 122 valence electrons. The van der Waals surface area contributed by atoms with Crippen LogP contribution in [0.15, 0.2) is 35.0 Å². The Hall–Kier alpha value is -1.56. The maximum Gasteiger partial charge on any atom is 0.270 e. The number of benzene rings is 1. The number of hydrogen-bond donors (Lipinski definition) is 1. The maximum atomic E-state index is 12.6. The van der Waals surface area contributed by atoms with Gasteiger partial charge in [-0.25, -0.2) is 0 Å². The number of nitrogens with one attached hydrogen (secondary N) is 1. The molecule has 1 aromatic rings. The number of rotatable bonds is 2. The fraction of sp³-hybridized carbons (Fsp3) is 0.375. The number of halogens is 2. The van der Waals surface area contributed by atoms with Crippen LogP contribution in [0.3, 0.4) is 0 Å². The van der Waals surface area contributed by atoms with E-state index in [4.69, 9.17) is 23.2 Å². The summed E-state index contributed by atoms with van der Waals surface area (Å²) in [5.41, 5.74) is 1.46.